The van der Waals surface area contributed by atoms with Crippen molar-refractivity contribution in [3.8, 4) is 0 Å². The Morgan fingerprint density at radius 2 is 2.27 bits per heavy atom. The molecule has 1 aromatic rings. The Balaban J connectivity index is 2.49. The summed E-state index contributed by atoms with van der Waals surface area (Å²) >= 11 is 0. The molecule has 0 aliphatic heterocycles. The molecule has 5 nitrogen and oxygen atoms in total. The van der Waals surface area contributed by atoms with Crippen LogP contribution >= 0.6 is 0 Å². The predicted molar refractivity (Wildman–Crippen MR) is 57.3 cm³/mol. The van der Waals surface area contributed by atoms with Gasteiger partial charge in [-0.2, -0.15) is 0 Å². The lowest BCUT2D eigenvalue weighted by Gasteiger charge is -1.97. The standard InChI is InChI=1S/C9H16N2O3S/c1-3-10-5-4-9-11-6-8(14-9)7-15(2,12)13/h6,10H,3-5,7H2,1-2H3. The van der Waals surface area contributed by atoms with Crippen LogP contribution in [0.1, 0.15) is 18.6 Å². The highest BCUT2D eigenvalue weighted by Crippen LogP contribution is 2.07. The van der Waals surface area contributed by atoms with E-state index in [-0.39, 0.29) is 5.75 Å². The molecule has 0 atom stereocenters. The topological polar surface area (TPSA) is 72.2 Å². The lowest BCUT2D eigenvalue weighted by atomic mass is 10.4. The van der Waals surface area contributed by atoms with Crippen molar-refractivity contribution in [2.45, 2.75) is 19.1 Å². The van der Waals surface area contributed by atoms with Crippen LogP contribution in [0.4, 0.5) is 0 Å². The summed E-state index contributed by atoms with van der Waals surface area (Å²) in [5, 5.41) is 3.14. The van der Waals surface area contributed by atoms with Gasteiger partial charge in [0.15, 0.2) is 15.7 Å². The van der Waals surface area contributed by atoms with Crippen molar-refractivity contribution in [3.63, 3.8) is 0 Å². The smallest absolute Gasteiger partial charge is 0.195 e. The van der Waals surface area contributed by atoms with Crippen LogP contribution in [0.5, 0.6) is 0 Å². The van der Waals surface area contributed by atoms with Gasteiger partial charge in [-0.3, -0.25) is 0 Å². The lowest BCUT2D eigenvalue weighted by Crippen LogP contribution is -2.16. The molecule has 1 aromatic heterocycles. The minimum Gasteiger partial charge on any atom is -0.445 e. The Labute approximate surface area is 89.8 Å². The molecule has 0 aromatic carbocycles. The second-order valence-corrected chi connectivity index (χ2v) is 5.53. The van der Waals surface area contributed by atoms with Gasteiger partial charge in [0, 0.05) is 19.2 Å². The Morgan fingerprint density at radius 1 is 1.53 bits per heavy atom. The molecule has 0 radical (unpaired) electrons. The van der Waals surface area contributed by atoms with Crippen LogP contribution in [-0.4, -0.2) is 32.7 Å². The number of oxazole rings is 1. The Kier molecular flexibility index (Phi) is 4.28. The molecular weight excluding hydrogens is 216 g/mol. The number of aromatic nitrogens is 1. The van der Waals surface area contributed by atoms with Crippen LogP contribution in [0, 0.1) is 0 Å². The lowest BCUT2D eigenvalue weighted by molar-refractivity contribution is 0.459. The van der Waals surface area contributed by atoms with Crippen LogP contribution in [0.2, 0.25) is 0 Å². The molecule has 1 heterocycles. The van der Waals surface area contributed by atoms with Crippen LogP contribution in [0.25, 0.3) is 0 Å². The first-order valence-electron chi connectivity index (χ1n) is 4.83. The average Bonchev–Trinajstić information content (AvgIpc) is 2.50. The van der Waals surface area contributed by atoms with Gasteiger partial charge in [0.1, 0.15) is 11.5 Å². The molecule has 6 heteroatoms. The van der Waals surface area contributed by atoms with Crippen molar-refractivity contribution in [3.05, 3.63) is 17.8 Å². The predicted octanol–water partition coefficient (Wildman–Crippen LogP) is 0.371. The molecule has 0 bridgehead atoms. The molecule has 0 amide bonds. The summed E-state index contributed by atoms with van der Waals surface area (Å²) < 4.78 is 27.2. The molecule has 0 saturated heterocycles. The van der Waals surface area contributed by atoms with Crippen LogP contribution < -0.4 is 5.32 Å². The molecule has 0 aliphatic carbocycles. The number of hydrogen-bond donors (Lipinski definition) is 1. The van der Waals surface area contributed by atoms with Gasteiger partial charge in [0.25, 0.3) is 0 Å². The number of nitrogens with one attached hydrogen (secondary N) is 1. The highest BCUT2D eigenvalue weighted by Gasteiger charge is 2.09. The van der Waals surface area contributed by atoms with Crippen LogP contribution in [0.15, 0.2) is 10.6 Å². The molecule has 0 fully saturated rings. The SMILES string of the molecule is CCNCCc1ncc(CS(C)(=O)=O)o1. The molecule has 86 valence electrons. The van der Waals surface area contributed by atoms with Gasteiger partial charge >= 0.3 is 0 Å². The van der Waals surface area contributed by atoms with E-state index >= 15 is 0 Å². The highest BCUT2D eigenvalue weighted by molar-refractivity contribution is 7.89. The summed E-state index contributed by atoms with van der Waals surface area (Å²) in [5.74, 6) is 0.903. The van der Waals surface area contributed by atoms with Crippen molar-refractivity contribution in [1.29, 1.82) is 0 Å². The van der Waals surface area contributed by atoms with E-state index in [0.29, 0.717) is 18.1 Å². The first-order chi connectivity index (χ1) is 7.01. The summed E-state index contributed by atoms with van der Waals surface area (Å²) in [5.41, 5.74) is 0. The monoisotopic (exact) mass is 232 g/mol. The molecule has 0 spiro atoms. The van der Waals surface area contributed by atoms with Crippen LogP contribution in [0.3, 0.4) is 0 Å². The van der Waals surface area contributed by atoms with Crippen molar-refractivity contribution < 1.29 is 12.8 Å². The van der Waals surface area contributed by atoms with E-state index in [9.17, 15) is 8.42 Å². The maximum Gasteiger partial charge on any atom is 0.195 e. The molecule has 0 unspecified atom stereocenters. The van der Waals surface area contributed by atoms with E-state index in [4.69, 9.17) is 4.42 Å². The zero-order valence-electron chi connectivity index (χ0n) is 8.99. The van der Waals surface area contributed by atoms with Gasteiger partial charge in [-0.1, -0.05) is 6.92 Å². The number of hydrogen-bond acceptors (Lipinski definition) is 5. The largest absolute Gasteiger partial charge is 0.445 e. The van der Waals surface area contributed by atoms with Gasteiger partial charge in [0.2, 0.25) is 0 Å². The minimum atomic E-state index is -3.04. The third-order valence-corrected chi connectivity index (χ3v) is 2.58. The first kappa shape index (κ1) is 12.2. The van der Waals surface area contributed by atoms with Crippen molar-refractivity contribution >= 4 is 9.84 Å². The fourth-order valence-electron chi connectivity index (χ4n) is 1.16. The second kappa shape index (κ2) is 5.27. The van der Waals surface area contributed by atoms with Crippen LogP contribution in [-0.2, 0) is 22.0 Å². The molecule has 15 heavy (non-hydrogen) atoms. The maximum absolute atomic E-state index is 11.0. The van der Waals surface area contributed by atoms with E-state index in [1.165, 1.54) is 12.5 Å². The van der Waals surface area contributed by atoms with Gasteiger partial charge < -0.3 is 9.73 Å². The summed E-state index contributed by atoms with van der Waals surface area (Å²) in [6, 6.07) is 0. The van der Waals surface area contributed by atoms with Crippen molar-refractivity contribution in [2.75, 3.05) is 19.3 Å². The number of likely N-dealkylation sites (N-methyl/N-ethyl adjacent to an activating group) is 1. The zero-order chi connectivity index (χ0) is 11.3. The van der Waals surface area contributed by atoms with E-state index in [1.807, 2.05) is 6.92 Å². The molecule has 1 rings (SSSR count). The van der Waals surface area contributed by atoms with Crippen molar-refractivity contribution in [1.82, 2.24) is 10.3 Å². The van der Waals surface area contributed by atoms with E-state index in [0.717, 1.165) is 13.1 Å². The summed E-state index contributed by atoms with van der Waals surface area (Å²) in [6.07, 6.45) is 3.33. The van der Waals surface area contributed by atoms with E-state index in [2.05, 4.69) is 10.3 Å². The minimum absolute atomic E-state index is 0.0821. The fraction of sp³-hybridized carbons (Fsp3) is 0.667. The molecule has 1 N–H and O–H groups in total. The Hall–Kier alpha value is -0.880. The number of nitrogens with zero attached hydrogens (tertiary/aromatic N) is 1. The summed E-state index contributed by atoms with van der Waals surface area (Å²) in [6.45, 7) is 3.71. The molecule has 0 aliphatic rings. The van der Waals surface area contributed by atoms with Gasteiger partial charge in [-0.25, -0.2) is 13.4 Å². The van der Waals surface area contributed by atoms with E-state index < -0.39 is 9.84 Å². The average molecular weight is 232 g/mol. The normalized spacial score (nSPS) is 11.9. The number of rotatable bonds is 6. The zero-order valence-corrected chi connectivity index (χ0v) is 9.80. The third-order valence-electron chi connectivity index (χ3n) is 1.77. The Bertz CT molecular complexity index is 397. The first-order valence-corrected chi connectivity index (χ1v) is 6.89. The fourth-order valence-corrected chi connectivity index (χ4v) is 1.81. The Morgan fingerprint density at radius 3 is 2.87 bits per heavy atom. The quantitative estimate of drug-likeness (QED) is 0.717. The molecule has 0 saturated carbocycles. The van der Waals surface area contributed by atoms with Gasteiger partial charge in [0.05, 0.1) is 6.20 Å². The second-order valence-electron chi connectivity index (χ2n) is 3.39. The van der Waals surface area contributed by atoms with E-state index in [1.54, 1.807) is 0 Å². The third kappa shape index (κ3) is 4.94. The van der Waals surface area contributed by atoms with Gasteiger partial charge in [-0.15, -0.1) is 0 Å². The highest BCUT2D eigenvalue weighted by atomic mass is 32.2. The van der Waals surface area contributed by atoms with Gasteiger partial charge in [-0.05, 0) is 6.54 Å². The summed E-state index contributed by atoms with van der Waals surface area (Å²) in [7, 11) is -3.04. The maximum atomic E-state index is 11.0. The summed E-state index contributed by atoms with van der Waals surface area (Å²) in [4.78, 5) is 4.00. The number of sulfone groups is 1. The molecular formula is C9H16N2O3S. The van der Waals surface area contributed by atoms with Crippen molar-refractivity contribution in [2.24, 2.45) is 0 Å².